The Morgan fingerprint density at radius 1 is 1.39 bits per heavy atom. The molecule has 0 bridgehead atoms. The van der Waals surface area contributed by atoms with Crippen molar-refractivity contribution in [3.05, 3.63) is 29.3 Å². The summed E-state index contributed by atoms with van der Waals surface area (Å²) >= 11 is 0. The molecule has 3 nitrogen and oxygen atoms in total. The van der Waals surface area contributed by atoms with Crippen LogP contribution in [0.1, 0.15) is 38.8 Å². The van der Waals surface area contributed by atoms with Gasteiger partial charge in [0.15, 0.2) is 0 Å². The molecule has 0 aromatic heterocycles. The molecule has 1 aromatic rings. The molecule has 0 saturated carbocycles. The summed E-state index contributed by atoms with van der Waals surface area (Å²) in [5, 5.41) is 0. The Balaban J connectivity index is 2.26. The smallest absolute Gasteiger partial charge is 0.310 e. The number of nitrogens with zero attached hydrogens (tertiary/aromatic N) is 1. The van der Waals surface area contributed by atoms with Gasteiger partial charge in [0.25, 0.3) is 0 Å². The molecule has 1 aliphatic rings. The summed E-state index contributed by atoms with van der Waals surface area (Å²) < 4.78 is 4.97. The summed E-state index contributed by atoms with van der Waals surface area (Å²) in [6.07, 6.45) is 0.330. The lowest BCUT2D eigenvalue weighted by molar-refractivity contribution is -0.142. The third kappa shape index (κ3) is 2.17. The maximum Gasteiger partial charge on any atom is 0.310 e. The third-order valence-corrected chi connectivity index (χ3v) is 3.58. The predicted octanol–water partition coefficient (Wildman–Crippen LogP) is 3.18. The highest BCUT2D eigenvalue weighted by molar-refractivity contribution is 5.99. The minimum absolute atomic E-state index is 0.0417. The monoisotopic (exact) mass is 245 g/mol. The van der Waals surface area contributed by atoms with Crippen molar-refractivity contribution in [1.29, 1.82) is 0 Å². The summed E-state index contributed by atoms with van der Waals surface area (Å²) in [6.45, 7) is 8.61. The van der Waals surface area contributed by atoms with Crippen LogP contribution in [0.2, 0.25) is 0 Å². The van der Waals surface area contributed by atoms with E-state index in [9.17, 15) is 4.79 Å². The van der Waals surface area contributed by atoms with Crippen LogP contribution < -0.4 is 0 Å². The van der Waals surface area contributed by atoms with Gasteiger partial charge >= 0.3 is 5.97 Å². The van der Waals surface area contributed by atoms with Gasteiger partial charge < -0.3 is 4.74 Å². The largest absolute Gasteiger partial charge is 0.466 e. The molecule has 1 aromatic carbocycles. The zero-order valence-corrected chi connectivity index (χ0v) is 11.4. The second-order valence-electron chi connectivity index (χ2n) is 5.16. The zero-order valence-electron chi connectivity index (χ0n) is 11.4. The van der Waals surface area contributed by atoms with Crippen LogP contribution in [-0.2, 0) is 21.4 Å². The summed E-state index contributed by atoms with van der Waals surface area (Å²) in [5.41, 5.74) is 4.28. The summed E-state index contributed by atoms with van der Waals surface area (Å²) in [5.74, 6) is -0.175. The van der Waals surface area contributed by atoms with E-state index in [1.54, 1.807) is 0 Å². The van der Waals surface area contributed by atoms with E-state index in [0.29, 0.717) is 13.0 Å². The summed E-state index contributed by atoms with van der Waals surface area (Å²) in [6, 6.07) is 6.02. The van der Waals surface area contributed by atoms with Crippen molar-refractivity contribution in [2.45, 2.75) is 39.5 Å². The van der Waals surface area contributed by atoms with Crippen molar-refractivity contribution in [2.75, 3.05) is 6.61 Å². The van der Waals surface area contributed by atoms with Crippen LogP contribution in [0.15, 0.2) is 23.2 Å². The van der Waals surface area contributed by atoms with Gasteiger partial charge in [-0.2, -0.15) is 0 Å². The summed E-state index contributed by atoms with van der Waals surface area (Å²) in [4.78, 5) is 16.0. The highest BCUT2D eigenvalue weighted by Crippen LogP contribution is 2.40. The lowest BCUT2D eigenvalue weighted by atomic mass is 9.81. The van der Waals surface area contributed by atoms with Gasteiger partial charge in [-0.05, 0) is 31.0 Å². The number of rotatable bonds is 3. The molecule has 0 spiro atoms. The van der Waals surface area contributed by atoms with Crippen LogP contribution in [0.5, 0.6) is 0 Å². The molecular weight excluding hydrogens is 226 g/mol. The first-order valence-corrected chi connectivity index (χ1v) is 6.30. The standard InChI is InChI=1S/C15H19NO2/c1-5-18-14(17)9-11-6-7-13-12(8-11)15(3,4)10(2)16-13/h6-8H,5,9H2,1-4H3. The Labute approximate surface area is 108 Å². The van der Waals surface area contributed by atoms with Gasteiger partial charge in [0.1, 0.15) is 0 Å². The van der Waals surface area contributed by atoms with E-state index in [-0.39, 0.29) is 11.4 Å². The van der Waals surface area contributed by atoms with Gasteiger partial charge in [-0.1, -0.05) is 26.0 Å². The van der Waals surface area contributed by atoms with Crippen molar-refractivity contribution < 1.29 is 9.53 Å². The first-order chi connectivity index (χ1) is 8.45. The number of hydrogen-bond donors (Lipinski definition) is 0. The molecule has 0 unspecified atom stereocenters. The number of esters is 1. The molecule has 0 fully saturated rings. The molecule has 18 heavy (non-hydrogen) atoms. The van der Waals surface area contributed by atoms with Crippen LogP contribution in [0, 0.1) is 0 Å². The highest BCUT2D eigenvalue weighted by atomic mass is 16.5. The molecule has 0 atom stereocenters. The number of carbonyl (C=O) groups excluding carboxylic acids is 1. The normalized spacial score (nSPS) is 16.1. The van der Waals surface area contributed by atoms with Crippen molar-refractivity contribution in [2.24, 2.45) is 4.99 Å². The fourth-order valence-electron chi connectivity index (χ4n) is 2.19. The Morgan fingerprint density at radius 2 is 2.11 bits per heavy atom. The van der Waals surface area contributed by atoms with Gasteiger partial charge in [0, 0.05) is 11.1 Å². The van der Waals surface area contributed by atoms with E-state index in [1.807, 2.05) is 26.0 Å². The number of fused-ring (bicyclic) bond motifs is 1. The van der Waals surface area contributed by atoms with E-state index in [1.165, 1.54) is 5.56 Å². The van der Waals surface area contributed by atoms with Gasteiger partial charge in [-0.25, -0.2) is 0 Å². The van der Waals surface area contributed by atoms with Crippen LogP contribution in [0.3, 0.4) is 0 Å². The van der Waals surface area contributed by atoms with E-state index in [0.717, 1.165) is 17.0 Å². The molecule has 96 valence electrons. The molecule has 3 heteroatoms. The molecule has 0 amide bonds. The number of benzene rings is 1. The predicted molar refractivity (Wildman–Crippen MR) is 72.6 cm³/mol. The SMILES string of the molecule is CCOC(=O)Cc1ccc2c(c1)C(C)(C)C(C)=N2. The quantitative estimate of drug-likeness (QED) is 0.767. The maximum absolute atomic E-state index is 11.5. The first-order valence-electron chi connectivity index (χ1n) is 6.30. The highest BCUT2D eigenvalue weighted by Gasteiger charge is 2.32. The fourth-order valence-corrected chi connectivity index (χ4v) is 2.19. The minimum Gasteiger partial charge on any atom is -0.466 e. The average Bonchev–Trinajstić information content (AvgIpc) is 2.51. The lowest BCUT2D eigenvalue weighted by Crippen LogP contribution is -2.22. The Kier molecular flexibility index (Phi) is 3.24. The van der Waals surface area contributed by atoms with Gasteiger partial charge in [-0.3, -0.25) is 9.79 Å². The van der Waals surface area contributed by atoms with Gasteiger partial charge in [-0.15, -0.1) is 0 Å². The topological polar surface area (TPSA) is 38.7 Å². The van der Waals surface area contributed by atoms with Crippen molar-refractivity contribution in [3.8, 4) is 0 Å². The Hall–Kier alpha value is -1.64. The van der Waals surface area contributed by atoms with Crippen LogP contribution in [0.4, 0.5) is 5.69 Å². The molecule has 0 aliphatic carbocycles. The van der Waals surface area contributed by atoms with Crippen molar-refractivity contribution in [3.63, 3.8) is 0 Å². The third-order valence-electron chi connectivity index (χ3n) is 3.58. The molecule has 0 saturated heterocycles. The molecular formula is C15H19NO2. The van der Waals surface area contributed by atoms with E-state index < -0.39 is 0 Å². The molecule has 1 aliphatic heterocycles. The number of aliphatic imine (C=N–C) groups is 1. The van der Waals surface area contributed by atoms with Crippen molar-refractivity contribution >= 4 is 17.4 Å². The van der Waals surface area contributed by atoms with Crippen molar-refractivity contribution in [1.82, 2.24) is 0 Å². The van der Waals surface area contributed by atoms with E-state index >= 15 is 0 Å². The second kappa shape index (κ2) is 4.56. The Morgan fingerprint density at radius 3 is 2.78 bits per heavy atom. The first kappa shape index (κ1) is 12.8. The number of ether oxygens (including phenoxy) is 1. The van der Waals surface area contributed by atoms with E-state index in [4.69, 9.17) is 4.74 Å². The number of hydrogen-bond acceptors (Lipinski definition) is 3. The van der Waals surface area contributed by atoms with E-state index in [2.05, 4.69) is 24.9 Å². The average molecular weight is 245 g/mol. The van der Waals surface area contributed by atoms with Gasteiger partial charge in [0.05, 0.1) is 18.7 Å². The van der Waals surface area contributed by atoms with Crippen LogP contribution in [-0.4, -0.2) is 18.3 Å². The molecule has 0 N–H and O–H groups in total. The Bertz CT molecular complexity index is 515. The molecule has 1 heterocycles. The lowest BCUT2D eigenvalue weighted by Gasteiger charge is -2.20. The van der Waals surface area contributed by atoms with Crippen LogP contribution >= 0.6 is 0 Å². The summed E-state index contributed by atoms with van der Waals surface area (Å²) in [7, 11) is 0. The van der Waals surface area contributed by atoms with Crippen LogP contribution in [0.25, 0.3) is 0 Å². The zero-order chi connectivity index (χ0) is 13.3. The maximum atomic E-state index is 11.5. The molecule has 2 rings (SSSR count). The number of carbonyl (C=O) groups is 1. The second-order valence-corrected chi connectivity index (χ2v) is 5.16. The van der Waals surface area contributed by atoms with Gasteiger partial charge in [0.2, 0.25) is 0 Å². The fraction of sp³-hybridized carbons (Fsp3) is 0.467. The minimum atomic E-state index is -0.175. The molecule has 0 radical (unpaired) electrons.